The smallest absolute Gasteiger partial charge is 0.407 e. The highest BCUT2D eigenvalue weighted by atomic mass is 16.4. The Kier molecular flexibility index (Phi) is 5.23. The van der Waals surface area contributed by atoms with E-state index in [1.807, 2.05) is 24.4 Å². The van der Waals surface area contributed by atoms with Crippen LogP contribution in [0.15, 0.2) is 36.5 Å². The minimum absolute atomic E-state index is 0.258. The molecule has 1 unspecified atom stereocenters. The van der Waals surface area contributed by atoms with Gasteiger partial charge in [-0.1, -0.05) is 12.1 Å². The second-order valence-electron chi connectivity index (χ2n) is 8.36. The monoisotopic (exact) mass is 420 g/mol. The largest absolute Gasteiger partial charge is 0.465 e. The molecule has 0 spiro atoms. The molecule has 2 N–H and O–H groups in total. The molecule has 1 saturated heterocycles. The first-order chi connectivity index (χ1) is 15.1. The molecule has 1 aliphatic heterocycles. The molecule has 2 aliphatic rings. The molecule has 1 aliphatic carbocycles. The maximum Gasteiger partial charge on any atom is 0.407 e. The number of fused-ring (bicyclic) bond motifs is 2. The van der Waals surface area contributed by atoms with Crippen LogP contribution in [0.5, 0.6) is 0 Å². The van der Waals surface area contributed by atoms with Crippen LogP contribution >= 0.6 is 0 Å². The lowest BCUT2D eigenvalue weighted by Crippen LogP contribution is -2.48. The first-order valence-electron chi connectivity index (χ1n) is 11.0. The number of pyridine rings is 1. The first kappa shape index (κ1) is 19.8. The summed E-state index contributed by atoms with van der Waals surface area (Å²) in [5.41, 5.74) is 5.71. The quantitative estimate of drug-likeness (QED) is 0.675. The number of para-hydroxylation sites is 1. The molecule has 5 rings (SSSR count). The summed E-state index contributed by atoms with van der Waals surface area (Å²) >= 11 is 0. The highest BCUT2D eigenvalue weighted by Gasteiger charge is 2.24. The molecule has 1 atom stereocenters. The normalized spacial score (nSPS) is 18.9. The number of carboxylic acid groups (broad SMARTS) is 1. The molecule has 0 saturated carbocycles. The maximum atomic E-state index is 11.2. The summed E-state index contributed by atoms with van der Waals surface area (Å²) in [6.07, 6.45) is 4.40. The molecule has 1 fully saturated rings. The summed E-state index contributed by atoms with van der Waals surface area (Å²) in [6.45, 7) is 3.10. The molecule has 1 amide bonds. The van der Waals surface area contributed by atoms with Crippen LogP contribution < -0.4 is 10.2 Å². The average molecular weight is 421 g/mol. The van der Waals surface area contributed by atoms with E-state index in [4.69, 9.17) is 4.98 Å². The number of nitrogens with zero attached hydrogens (tertiary/aromatic N) is 5. The zero-order chi connectivity index (χ0) is 21.4. The predicted octanol–water partition coefficient (Wildman–Crippen LogP) is 2.94. The van der Waals surface area contributed by atoms with E-state index < -0.39 is 6.09 Å². The van der Waals surface area contributed by atoms with Crippen LogP contribution in [-0.2, 0) is 20.0 Å². The van der Waals surface area contributed by atoms with Crippen molar-refractivity contribution in [3.05, 3.63) is 53.6 Å². The Labute approximate surface area is 181 Å². The number of aryl methyl sites for hydroxylation is 2. The van der Waals surface area contributed by atoms with Gasteiger partial charge in [-0.15, -0.1) is 0 Å². The third-order valence-corrected chi connectivity index (χ3v) is 6.56. The number of imidazole rings is 1. The van der Waals surface area contributed by atoms with Crippen molar-refractivity contribution in [3.63, 3.8) is 0 Å². The van der Waals surface area contributed by atoms with Crippen LogP contribution in [0.25, 0.3) is 11.0 Å². The lowest BCUT2D eigenvalue weighted by molar-refractivity contribution is 0.142. The van der Waals surface area contributed by atoms with Crippen molar-refractivity contribution in [3.8, 4) is 0 Å². The molecule has 8 heteroatoms. The third-order valence-electron chi connectivity index (χ3n) is 6.56. The zero-order valence-corrected chi connectivity index (χ0v) is 17.8. The number of carbonyl (C=O) groups is 1. The minimum atomic E-state index is -0.842. The van der Waals surface area contributed by atoms with Crippen molar-refractivity contribution in [1.82, 2.24) is 24.8 Å². The van der Waals surface area contributed by atoms with Crippen LogP contribution in [0.1, 0.15) is 36.0 Å². The van der Waals surface area contributed by atoms with Gasteiger partial charge in [-0.3, -0.25) is 4.98 Å². The van der Waals surface area contributed by atoms with E-state index in [0.717, 1.165) is 35.4 Å². The standard InChI is InChI=1S/C23H28N6O2/c1-27-20(15-25-17-7-2-5-16-6-4-10-24-21(16)17)26-18-8-3-9-19(22(18)27)28-11-13-29(14-12-28)23(30)31/h3-4,6,8-10,17,25H,2,5,7,11-15H2,1H3,(H,30,31). The number of hydrogen-bond acceptors (Lipinski definition) is 5. The summed E-state index contributed by atoms with van der Waals surface area (Å²) in [7, 11) is 2.07. The molecule has 0 radical (unpaired) electrons. The van der Waals surface area contributed by atoms with Gasteiger partial charge in [-0.2, -0.15) is 0 Å². The first-order valence-corrected chi connectivity index (χ1v) is 11.0. The van der Waals surface area contributed by atoms with Gasteiger partial charge in [-0.05, 0) is 43.0 Å². The Hall–Kier alpha value is -3.13. The second kappa shape index (κ2) is 8.19. The van der Waals surface area contributed by atoms with Crippen LogP contribution in [0.2, 0.25) is 0 Å². The maximum absolute atomic E-state index is 11.2. The number of benzene rings is 1. The summed E-state index contributed by atoms with van der Waals surface area (Å²) in [6, 6.07) is 10.7. The van der Waals surface area contributed by atoms with Crippen LogP contribution in [0.3, 0.4) is 0 Å². The van der Waals surface area contributed by atoms with Crippen molar-refractivity contribution in [2.45, 2.75) is 31.8 Å². The molecular weight excluding hydrogens is 392 g/mol. The summed E-state index contributed by atoms with van der Waals surface area (Å²) < 4.78 is 2.17. The fourth-order valence-corrected chi connectivity index (χ4v) is 4.87. The van der Waals surface area contributed by atoms with Gasteiger partial charge >= 0.3 is 6.09 Å². The molecule has 1 aromatic carbocycles. The zero-order valence-electron chi connectivity index (χ0n) is 17.8. The summed E-state index contributed by atoms with van der Waals surface area (Å²) in [5, 5.41) is 12.9. The third kappa shape index (κ3) is 3.72. The molecular formula is C23H28N6O2. The number of nitrogens with one attached hydrogen (secondary N) is 1. The van der Waals surface area contributed by atoms with E-state index in [2.05, 4.69) is 38.9 Å². The van der Waals surface area contributed by atoms with Crippen molar-refractivity contribution in [2.75, 3.05) is 31.1 Å². The van der Waals surface area contributed by atoms with E-state index in [-0.39, 0.29) is 6.04 Å². The Morgan fingerprint density at radius 3 is 2.84 bits per heavy atom. The van der Waals surface area contributed by atoms with Gasteiger partial charge in [0.2, 0.25) is 0 Å². The minimum Gasteiger partial charge on any atom is -0.465 e. The molecule has 0 bridgehead atoms. The lowest BCUT2D eigenvalue weighted by atomic mass is 9.92. The predicted molar refractivity (Wildman–Crippen MR) is 119 cm³/mol. The van der Waals surface area contributed by atoms with Crippen LogP contribution in [0, 0.1) is 0 Å². The second-order valence-corrected chi connectivity index (χ2v) is 8.36. The number of piperazine rings is 1. The van der Waals surface area contributed by atoms with Gasteiger partial charge < -0.3 is 24.8 Å². The SMILES string of the molecule is Cn1c(CNC2CCCc3cccnc32)nc2cccc(N3CCN(C(=O)O)CC3)c21. The van der Waals surface area contributed by atoms with Gasteiger partial charge in [0.05, 0.1) is 35.0 Å². The van der Waals surface area contributed by atoms with Gasteiger partial charge in [0.1, 0.15) is 5.82 Å². The van der Waals surface area contributed by atoms with Crippen molar-refractivity contribution in [2.24, 2.45) is 7.05 Å². The number of anilines is 1. The van der Waals surface area contributed by atoms with Crippen molar-refractivity contribution >= 4 is 22.8 Å². The van der Waals surface area contributed by atoms with Gasteiger partial charge in [0.25, 0.3) is 0 Å². The molecule has 3 aromatic rings. The fraction of sp³-hybridized carbons (Fsp3) is 0.435. The van der Waals surface area contributed by atoms with Crippen LogP contribution in [-0.4, -0.2) is 56.8 Å². The Morgan fingerprint density at radius 1 is 1.19 bits per heavy atom. The van der Waals surface area contributed by atoms with Gasteiger partial charge in [0.15, 0.2) is 0 Å². The molecule has 31 heavy (non-hydrogen) atoms. The van der Waals surface area contributed by atoms with E-state index in [0.29, 0.717) is 32.7 Å². The highest BCUT2D eigenvalue weighted by Crippen LogP contribution is 2.30. The molecule has 3 heterocycles. The number of hydrogen-bond donors (Lipinski definition) is 2. The van der Waals surface area contributed by atoms with Crippen LogP contribution in [0.4, 0.5) is 10.5 Å². The molecule has 162 valence electrons. The number of aromatic nitrogens is 3. The highest BCUT2D eigenvalue weighted by molar-refractivity contribution is 5.89. The van der Waals surface area contributed by atoms with E-state index >= 15 is 0 Å². The summed E-state index contributed by atoms with van der Waals surface area (Å²) in [4.78, 5) is 24.5. The average Bonchev–Trinajstić information content (AvgIpc) is 3.13. The fourth-order valence-electron chi connectivity index (χ4n) is 4.87. The summed E-state index contributed by atoms with van der Waals surface area (Å²) in [5.74, 6) is 0.995. The Morgan fingerprint density at radius 2 is 2.03 bits per heavy atom. The van der Waals surface area contributed by atoms with Gasteiger partial charge in [0, 0.05) is 39.4 Å². The van der Waals surface area contributed by atoms with E-state index in [1.54, 1.807) is 0 Å². The Bertz CT molecular complexity index is 1100. The van der Waals surface area contributed by atoms with Crippen molar-refractivity contribution < 1.29 is 9.90 Å². The Balaban J connectivity index is 1.36. The van der Waals surface area contributed by atoms with E-state index in [1.165, 1.54) is 22.6 Å². The van der Waals surface area contributed by atoms with E-state index in [9.17, 15) is 9.90 Å². The topological polar surface area (TPSA) is 86.5 Å². The number of amides is 1. The van der Waals surface area contributed by atoms with Gasteiger partial charge in [-0.25, -0.2) is 9.78 Å². The lowest BCUT2D eigenvalue weighted by Gasteiger charge is -2.35. The number of rotatable bonds is 4. The molecule has 8 nitrogen and oxygen atoms in total. The molecule has 2 aromatic heterocycles. The van der Waals surface area contributed by atoms with Crippen molar-refractivity contribution in [1.29, 1.82) is 0 Å².